The molecule has 7 nitrogen and oxygen atoms in total. The molecular formula is C30H25ClF6N4O3. The minimum absolute atomic E-state index is 0.0623. The van der Waals surface area contributed by atoms with Gasteiger partial charge in [-0.15, -0.1) is 0 Å². The largest absolute Gasteiger partial charge is 0.494 e. The third-order valence-electron chi connectivity index (χ3n) is 7.79. The zero-order chi connectivity index (χ0) is 31.6. The lowest BCUT2D eigenvalue weighted by atomic mass is 9.95. The van der Waals surface area contributed by atoms with Gasteiger partial charge in [0.15, 0.2) is 0 Å². The number of carbonyl (C=O) groups is 1. The Morgan fingerprint density at radius 2 is 1.91 bits per heavy atom. The highest BCUT2D eigenvalue weighted by atomic mass is 35.5. The molecular weight excluding hydrogens is 614 g/mol. The van der Waals surface area contributed by atoms with Crippen molar-refractivity contribution in [2.24, 2.45) is 0 Å². The standard InChI is InChI=1S/C30H25ClF6N4O3/c1-14-13-44-27-19(14)10-23(39-26(27)15-3-6-20(22(31)8-15)29(32,33)34)21(30(35,36)37)11-38-28(42)16-7-17-12-41(18-4-5-18)40-25(17)24(9-16)43-2/h3,6-10,12,14,18,21H,4-5,11,13H2,1-2H3,(H,38,42). The van der Waals surface area contributed by atoms with Crippen molar-refractivity contribution in [3.8, 4) is 22.8 Å². The second-order valence-electron chi connectivity index (χ2n) is 11.0. The number of rotatable bonds is 7. The Labute approximate surface area is 252 Å². The number of methoxy groups -OCH3 is 1. The van der Waals surface area contributed by atoms with Crippen molar-refractivity contribution in [1.29, 1.82) is 0 Å². The van der Waals surface area contributed by atoms with E-state index in [4.69, 9.17) is 21.1 Å². The lowest BCUT2D eigenvalue weighted by molar-refractivity contribution is -0.149. The van der Waals surface area contributed by atoms with Crippen LogP contribution in [0.15, 0.2) is 42.6 Å². The van der Waals surface area contributed by atoms with Crippen LogP contribution in [-0.2, 0) is 6.18 Å². The molecule has 232 valence electrons. The van der Waals surface area contributed by atoms with Crippen LogP contribution in [-0.4, -0.2) is 47.1 Å². The van der Waals surface area contributed by atoms with Gasteiger partial charge in [-0.1, -0.05) is 24.6 Å². The van der Waals surface area contributed by atoms with Crippen molar-refractivity contribution in [3.05, 3.63) is 70.0 Å². The first kappa shape index (κ1) is 30.0. The molecule has 1 amide bonds. The fraction of sp³-hybridized carbons (Fsp3) is 0.367. The number of alkyl halides is 6. The molecule has 0 spiro atoms. The normalized spacial score (nSPS) is 17.3. The highest BCUT2D eigenvalue weighted by molar-refractivity contribution is 6.31. The van der Waals surface area contributed by atoms with E-state index >= 15 is 0 Å². The molecule has 44 heavy (non-hydrogen) atoms. The van der Waals surface area contributed by atoms with E-state index < -0.39 is 47.0 Å². The molecule has 2 aromatic carbocycles. The highest BCUT2D eigenvalue weighted by Gasteiger charge is 2.43. The zero-order valence-electron chi connectivity index (χ0n) is 23.3. The Balaban J connectivity index is 1.33. The van der Waals surface area contributed by atoms with Gasteiger partial charge in [0.25, 0.3) is 5.91 Å². The average molecular weight is 639 g/mol. The number of halogens is 7. The maximum absolute atomic E-state index is 14.5. The molecule has 6 rings (SSSR count). The van der Waals surface area contributed by atoms with Crippen LogP contribution >= 0.6 is 11.6 Å². The maximum Gasteiger partial charge on any atom is 0.417 e. The number of carbonyl (C=O) groups excluding carboxylic acids is 1. The van der Waals surface area contributed by atoms with E-state index in [-0.39, 0.29) is 41.1 Å². The van der Waals surface area contributed by atoms with E-state index in [1.807, 2.05) is 0 Å². The van der Waals surface area contributed by atoms with E-state index in [2.05, 4.69) is 15.4 Å². The van der Waals surface area contributed by atoms with Crippen LogP contribution in [0.3, 0.4) is 0 Å². The molecule has 14 heteroatoms. The van der Waals surface area contributed by atoms with Gasteiger partial charge in [0.05, 0.1) is 36.0 Å². The average Bonchev–Trinajstić information content (AvgIpc) is 3.61. The van der Waals surface area contributed by atoms with Crippen molar-refractivity contribution in [2.45, 2.75) is 50.0 Å². The molecule has 4 aromatic rings. The molecule has 0 radical (unpaired) electrons. The van der Waals surface area contributed by atoms with Gasteiger partial charge < -0.3 is 14.8 Å². The Morgan fingerprint density at radius 3 is 2.55 bits per heavy atom. The lowest BCUT2D eigenvalue weighted by Crippen LogP contribution is -2.35. The zero-order valence-corrected chi connectivity index (χ0v) is 24.1. The van der Waals surface area contributed by atoms with E-state index in [9.17, 15) is 31.1 Å². The van der Waals surface area contributed by atoms with Gasteiger partial charge in [-0.25, -0.2) is 4.98 Å². The monoisotopic (exact) mass is 638 g/mol. The third kappa shape index (κ3) is 5.64. The van der Waals surface area contributed by atoms with Crippen molar-refractivity contribution in [2.75, 3.05) is 20.3 Å². The molecule has 0 saturated heterocycles. The first-order valence-corrected chi connectivity index (χ1v) is 14.1. The number of benzene rings is 2. The van der Waals surface area contributed by atoms with Crippen LogP contribution in [0, 0.1) is 0 Å². The number of ether oxygens (including phenoxy) is 2. The van der Waals surface area contributed by atoms with Gasteiger partial charge in [0, 0.05) is 40.7 Å². The van der Waals surface area contributed by atoms with Crippen LogP contribution in [0.25, 0.3) is 22.2 Å². The molecule has 2 unspecified atom stereocenters. The Bertz CT molecular complexity index is 1770. The fourth-order valence-electron chi connectivity index (χ4n) is 5.28. The Hall–Kier alpha value is -4.00. The summed E-state index contributed by atoms with van der Waals surface area (Å²) in [7, 11) is 1.41. The molecule has 0 bridgehead atoms. The summed E-state index contributed by atoms with van der Waals surface area (Å²) in [4.78, 5) is 17.4. The predicted octanol–water partition coefficient (Wildman–Crippen LogP) is 7.69. The molecule has 1 fully saturated rings. The molecule has 2 aliphatic rings. The molecule has 1 saturated carbocycles. The minimum Gasteiger partial charge on any atom is -0.494 e. The summed E-state index contributed by atoms with van der Waals surface area (Å²) in [5.41, 5.74) is -0.458. The molecule has 3 heterocycles. The SMILES string of the molecule is COc1cc(C(=O)NCC(c2cc3c(c(-c4ccc(C(F)(F)F)c(Cl)c4)n2)OCC3C)C(F)(F)F)cc2cn(C3CC3)nc12. The summed E-state index contributed by atoms with van der Waals surface area (Å²) in [5.74, 6) is -2.82. The summed E-state index contributed by atoms with van der Waals surface area (Å²) in [5, 5.41) is 6.87. The van der Waals surface area contributed by atoms with Crippen LogP contribution in [0.2, 0.25) is 5.02 Å². The minimum atomic E-state index is -4.83. The molecule has 1 aliphatic heterocycles. The summed E-state index contributed by atoms with van der Waals surface area (Å²) >= 11 is 5.91. The molecule has 1 N–H and O–H groups in total. The number of nitrogens with zero attached hydrogens (tertiary/aromatic N) is 3. The number of pyridine rings is 1. The van der Waals surface area contributed by atoms with Gasteiger partial charge in [-0.05, 0) is 43.2 Å². The van der Waals surface area contributed by atoms with Crippen LogP contribution in [0.1, 0.15) is 64.8 Å². The van der Waals surface area contributed by atoms with Crippen molar-refractivity contribution < 1.29 is 40.6 Å². The topological polar surface area (TPSA) is 78.3 Å². The Morgan fingerprint density at radius 1 is 1.16 bits per heavy atom. The van der Waals surface area contributed by atoms with Crippen molar-refractivity contribution >= 4 is 28.4 Å². The van der Waals surface area contributed by atoms with E-state index in [1.165, 1.54) is 19.2 Å². The highest BCUT2D eigenvalue weighted by Crippen LogP contribution is 2.46. The summed E-state index contributed by atoms with van der Waals surface area (Å²) < 4.78 is 96.2. The van der Waals surface area contributed by atoms with E-state index in [1.54, 1.807) is 23.9 Å². The first-order chi connectivity index (χ1) is 20.7. The number of hydrogen-bond acceptors (Lipinski definition) is 5. The Kier molecular flexibility index (Phi) is 7.42. The van der Waals surface area contributed by atoms with Crippen molar-refractivity contribution in [3.63, 3.8) is 0 Å². The van der Waals surface area contributed by atoms with E-state index in [0.717, 1.165) is 31.0 Å². The fourth-order valence-corrected chi connectivity index (χ4v) is 5.56. The molecule has 1 aliphatic carbocycles. The smallest absolute Gasteiger partial charge is 0.417 e. The van der Waals surface area contributed by atoms with E-state index in [0.29, 0.717) is 22.2 Å². The lowest BCUT2D eigenvalue weighted by Gasteiger charge is -2.22. The van der Waals surface area contributed by atoms with Gasteiger partial charge >= 0.3 is 12.4 Å². The van der Waals surface area contributed by atoms with Gasteiger partial charge in [-0.2, -0.15) is 31.4 Å². The predicted molar refractivity (Wildman–Crippen MR) is 149 cm³/mol. The number of amides is 1. The quantitative estimate of drug-likeness (QED) is 0.210. The van der Waals surface area contributed by atoms with Crippen LogP contribution in [0.4, 0.5) is 26.3 Å². The van der Waals surface area contributed by atoms with Crippen LogP contribution < -0.4 is 14.8 Å². The third-order valence-corrected chi connectivity index (χ3v) is 8.10. The van der Waals surface area contributed by atoms with Gasteiger partial charge in [0.1, 0.15) is 28.6 Å². The molecule has 2 aromatic heterocycles. The number of hydrogen-bond donors (Lipinski definition) is 1. The number of fused-ring (bicyclic) bond motifs is 2. The maximum atomic E-state index is 14.5. The summed E-state index contributed by atoms with van der Waals surface area (Å²) in [6.07, 6.45) is -5.81. The first-order valence-electron chi connectivity index (χ1n) is 13.7. The summed E-state index contributed by atoms with van der Waals surface area (Å²) in [6, 6.07) is 7.35. The van der Waals surface area contributed by atoms with Crippen molar-refractivity contribution in [1.82, 2.24) is 20.1 Å². The number of nitrogens with one attached hydrogen (secondary N) is 1. The second-order valence-corrected chi connectivity index (χ2v) is 11.4. The van der Waals surface area contributed by atoms with Crippen LogP contribution in [0.5, 0.6) is 11.5 Å². The summed E-state index contributed by atoms with van der Waals surface area (Å²) in [6.45, 7) is 1.05. The second kappa shape index (κ2) is 10.9. The van der Waals surface area contributed by atoms with Gasteiger partial charge in [-0.3, -0.25) is 9.48 Å². The van der Waals surface area contributed by atoms with Gasteiger partial charge in [0.2, 0.25) is 0 Å². The number of aromatic nitrogens is 3. The molecule has 2 atom stereocenters.